The van der Waals surface area contributed by atoms with Crippen molar-refractivity contribution in [1.29, 1.82) is 5.26 Å². The predicted octanol–water partition coefficient (Wildman–Crippen LogP) is 4.27. The zero-order valence-electron chi connectivity index (χ0n) is 26.9. The third-order valence-electron chi connectivity index (χ3n) is 8.43. The summed E-state index contributed by atoms with van der Waals surface area (Å²) in [6.45, 7) is 1.64. The predicted molar refractivity (Wildman–Crippen MR) is 186 cm³/mol. The van der Waals surface area contributed by atoms with Crippen LogP contribution in [0.5, 0.6) is 0 Å². The molecule has 6 rings (SSSR count). The fourth-order valence-electron chi connectivity index (χ4n) is 6.11. The zero-order chi connectivity index (χ0) is 33.0. The van der Waals surface area contributed by atoms with E-state index in [1.165, 1.54) is 0 Å². The molecule has 1 aliphatic heterocycles. The lowest BCUT2D eigenvalue weighted by atomic mass is 9.90. The molecule has 1 saturated heterocycles. The van der Waals surface area contributed by atoms with Crippen LogP contribution in [0.1, 0.15) is 36.8 Å². The number of hydrogen-bond acceptors (Lipinski definition) is 9. The molecule has 246 valence electrons. The van der Waals surface area contributed by atoms with Gasteiger partial charge in [0, 0.05) is 62.3 Å². The van der Waals surface area contributed by atoms with E-state index in [1.54, 1.807) is 40.7 Å². The molecule has 0 atom stereocenters. The second-order valence-electron chi connectivity index (χ2n) is 12.5. The number of urea groups is 1. The Morgan fingerprint density at radius 3 is 2.47 bits per heavy atom. The van der Waals surface area contributed by atoms with Gasteiger partial charge in [-0.25, -0.2) is 14.8 Å². The Hall–Kier alpha value is -4.87. The Kier molecular flexibility index (Phi) is 9.46. The van der Waals surface area contributed by atoms with Gasteiger partial charge in [0.25, 0.3) is 0 Å². The monoisotopic (exact) mass is 655 g/mol. The highest BCUT2D eigenvalue weighted by atomic mass is 32.3. The molecule has 47 heavy (non-hydrogen) atoms. The quantitative estimate of drug-likeness (QED) is 0.193. The number of thiol groups is 1. The van der Waals surface area contributed by atoms with E-state index in [9.17, 15) is 14.6 Å². The normalized spacial score (nSPS) is 18.5. The molecule has 14 heteroatoms. The molecule has 0 radical (unpaired) electrons. The van der Waals surface area contributed by atoms with Gasteiger partial charge in [-0.3, -0.25) is 13.9 Å². The Morgan fingerprint density at radius 2 is 1.83 bits per heavy atom. The molecule has 2 aliphatic rings. The van der Waals surface area contributed by atoms with E-state index in [0.29, 0.717) is 42.8 Å². The van der Waals surface area contributed by atoms with Crippen LogP contribution in [0.3, 0.4) is 0 Å². The zero-order valence-corrected chi connectivity index (χ0v) is 27.8. The Bertz CT molecular complexity index is 1780. The largest absolute Gasteiger partial charge is 0.351 e. The molecule has 1 saturated carbocycles. The van der Waals surface area contributed by atoms with Crippen molar-refractivity contribution in [1.82, 2.24) is 30.0 Å². The number of amides is 2. The van der Waals surface area contributed by atoms with Gasteiger partial charge in [0.15, 0.2) is 5.82 Å². The fraction of sp³-hybridized carbons (Fsp3) is 0.394. The van der Waals surface area contributed by atoms with Crippen molar-refractivity contribution in [3.05, 3.63) is 78.4 Å². The van der Waals surface area contributed by atoms with Crippen LogP contribution in [0, 0.1) is 11.3 Å². The molecule has 0 bridgehead atoms. The number of rotatable bonds is 9. The molecule has 0 unspecified atom stereocenters. The highest BCUT2D eigenvalue weighted by Gasteiger charge is 2.33. The molecule has 4 heterocycles. The van der Waals surface area contributed by atoms with Crippen LogP contribution in [-0.4, -0.2) is 79.0 Å². The van der Waals surface area contributed by atoms with E-state index in [4.69, 9.17) is 9.97 Å². The first kappa shape index (κ1) is 32.1. The summed E-state index contributed by atoms with van der Waals surface area (Å²) in [6, 6.07) is 15.9. The van der Waals surface area contributed by atoms with E-state index in [1.807, 2.05) is 60.6 Å². The maximum absolute atomic E-state index is 13.7. The van der Waals surface area contributed by atoms with Gasteiger partial charge < -0.3 is 20.1 Å². The average Bonchev–Trinajstić information content (AvgIpc) is 3.49. The first-order valence-electron chi connectivity index (χ1n) is 15.8. The van der Waals surface area contributed by atoms with Crippen molar-refractivity contribution in [2.75, 3.05) is 40.7 Å². The van der Waals surface area contributed by atoms with Crippen molar-refractivity contribution in [3.63, 3.8) is 0 Å². The molecule has 1 aliphatic carbocycles. The number of nitriles is 1. The van der Waals surface area contributed by atoms with Crippen LogP contribution in [0.2, 0.25) is 0 Å². The van der Waals surface area contributed by atoms with Gasteiger partial charge in [-0.1, -0.05) is 30.3 Å². The summed E-state index contributed by atoms with van der Waals surface area (Å²) in [5, 5.41) is 20.5. The van der Waals surface area contributed by atoms with Crippen molar-refractivity contribution >= 4 is 33.7 Å². The molecule has 3 aromatic heterocycles. The number of nitrogens with one attached hydrogen (secondary N) is 2. The second kappa shape index (κ2) is 13.9. The van der Waals surface area contributed by atoms with Crippen molar-refractivity contribution in [3.8, 4) is 17.2 Å². The van der Waals surface area contributed by atoms with Gasteiger partial charge in [-0.2, -0.15) is 15.3 Å². The number of aromatic nitrogens is 5. The summed E-state index contributed by atoms with van der Waals surface area (Å²) in [4.78, 5) is 31.4. The lowest BCUT2D eigenvalue weighted by Crippen LogP contribution is -2.51. The lowest BCUT2D eigenvalue weighted by molar-refractivity contribution is 0.240. The molecule has 4 aromatic rings. The van der Waals surface area contributed by atoms with Gasteiger partial charge in [-0.05, 0) is 55.9 Å². The minimum absolute atomic E-state index is 0.0328. The van der Waals surface area contributed by atoms with Crippen LogP contribution in [0.15, 0.2) is 71.6 Å². The maximum atomic E-state index is 13.7. The molecule has 0 spiro atoms. The number of benzene rings is 1. The molecule has 2 amide bonds. The van der Waals surface area contributed by atoms with Gasteiger partial charge >= 0.3 is 6.03 Å². The molecule has 13 nitrogen and oxygen atoms in total. The highest BCUT2D eigenvalue weighted by molar-refractivity contribution is 7.98. The fourth-order valence-corrected chi connectivity index (χ4v) is 7.05. The van der Waals surface area contributed by atoms with Crippen LogP contribution < -0.4 is 20.4 Å². The summed E-state index contributed by atoms with van der Waals surface area (Å²) in [5.74, 6) is 1.66. The minimum Gasteiger partial charge on any atom is -0.351 e. The number of carbonyl (C=O) groups excluding carboxylic acids is 1. The summed E-state index contributed by atoms with van der Waals surface area (Å²) in [7, 11) is -0.350. The summed E-state index contributed by atoms with van der Waals surface area (Å²) < 4.78 is 16.4. The summed E-state index contributed by atoms with van der Waals surface area (Å²) in [6.07, 6.45) is 13.8. The Morgan fingerprint density at radius 1 is 1.06 bits per heavy atom. The molecule has 3 N–H and O–H groups in total. The standard InChI is InChI=1S/C33H41N11O2S/c1-42-20-26(19-38-42)24-9-14-30(35-17-24)44(33(45)37-16-23-7-5-4-6-8-23)29-12-10-27(11-13-29)39-32-36-18-25(15-34)31(40-32)43-21-28(22-43)41-47(2,3)46/h4-9,14,17-20,27-29,47H,10-13,16,21-22H2,1-3H3,(H,37,45)(H,41,46)(H,36,39,40)/t27-,29-. The topological polar surface area (TPSA) is 160 Å². The Labute approximate surface area is 276 Å². The molecular formula is C33H41N11O2S. The van der Waals surface area contributed by atoms with Gasteiger partial charge in [0.1, 0.15) is 17.5 Å². The number of carbonyl (C=O) groups is 1. The third kappa shape index (κ3) is 7.93. The summed E-state index contributed by atoms with van der Waals surface area (Å²) in [5.41, 5.74) is 3.33. The van der Waals surface area contributed by atoms with Crippen molar-refractivity contribution < 1.29 is 9.35 Å². The average molecular weight is 656 g/mol. The maximum Gasteiger partial charge on any atom is 0.323 e. The van der Waals surface area contributed by atoms with Crippen LogP contribution in [0.4, 0.5) is 22.4 Å². The number of nitrogens with zero attached hydrogens (tertiary/aromatic N) is 9. The van der Waals surface area contributed by atoms with E-state index < -0.39 is 10.1 Å². The third-order valence-corrected chi connectivity index (χ3v) is 9.32. The van der Waals surface area contributed by atoms with Crippen molar-refractivity contribution in [2.24, 2.45) is 11.4 Å². The first-order valence-corrected chi connectivity index (χ1v) is 18.4. The molecule has 1 aromatic carbocycles. The van der Waals surface area contributed by atoms with E-state index in [0.717, 1.165) is 42.4 Å². The van der Waals surface area contributed by atoms with E-state index in [-0.39, 0.29) is 24.2 Å². The summed E-state index contributed by atoms with van der Waals surface area (Å²) >= 11 is 0. The van der Waals surface area contributed by atoms with Crippen LogP contribution in [0.25, 0.3) is 11.1 Å². The number of aryl methyl sites for hydroxylation is 1. The lowest BCUT2D eigenvalue weighted by Gasteiger charge is -2.39. The van der Waals surface area contributed by atoms with E-state index in [2.05, 4.69) is 31.1 Å². The number of pyridine rings is 1. The van der Waals surface area contributed by atoms with Gasteiger partial charge in [0.05, 0.1) is 18.4 Å². The second-order valence-corrected chi connectivity index (χ2v) is 15.4. The van der Waals surface area contributed by atoms with E-state index >= 15 is 0 Å². The molecule has 2 fully saturated rings. The van der Waals surface area contributed by atoms with Crippen molar-refractivity contribution in [2.45, 2.75) is 50.4 Å². The van der Waals surface area contributed by atoms with Gasteiger partial charge in [-0.15, -0.1) is 10.1 Å². The smallest absolute Gasteiger partial charge is 0.323 e. The molecular weight excluding hydrogens is 615 g/mol. The SMILES string of the molecule is Cn1cc(-c2ccc(N(C(=O)NCc3ccccc3)[C@H]3CC[C@H](Nc4ncc(C#N)c(N5CC(N=[SH](C)(C)O)C5)n4)CC3)nc2)cn1. The minimum atomic E-state index is -2.23. The van der Waals surface area contributed by atoms with Gasteiger partial charge in [0.2, 0.25) is 5.95 Å². The van der Waals surface area contributed by atoms with Crippen LogP contribution in [-0.2, 0) is 23.7 Å². The number of hydrogen-bond donors (Lipinski definition) is 4. The van der Waals surface area contributed by atoms with Crippen LogP contribution >= 0.6 is 0 Å². The highest BCUT2D eigenvalue weighted by Crippen LogP contribution is 2.31. The first-order chi connectivity index (χ1) is 22.6. The Balaban J connectivity index is 1.13. The number of anilines is 3.